The van der Waals surface area contributed by atoms with Crippen LogP contribution in [0.3, 0.4) is 0 Å². The maximum absolute atomic E-state index is 13.1. The molecule has 1 nitrogen and oxygen atoms in total. The standard InChI is InChI=1S/C14H12BrF2NS/c1-8(18)9-2-5-14(11(15)6-9)19-10-3-4-12(16)13(17)7-10/h2-8H,18H2,1H3. The first kappa shape index (κ1) is 14.5. The molecule has 2 aromatic carbocycles. The van der Waals surface area contributed by atoms with Crippen molar-refractivity contribution in [1.82, 2.24) is 0 Å². The van der Waals surface area contributed by atoms with Crippen LogP contribution in [0.5, 0.6) is 0 Å². The molecule has 1 unspecified atom stereocenters. The lowest BCUT2D eigenvalue weighted by molar-refractivity contribution is 0.506. The summed E-state index contributed by atoms with van der Waals surface area (Å²) in [4.78, 5) is 1.57. The van der Waals surface area contributed by atoms with E-state index in [2.05, 4.69) is 15.9 Å². The Kier molecular flexibility index (Phi) is 4.60. The van der Waals surface area contributed by atoms with Crippen LogP contribution in [0.2, 0.25) is 0 Å². The first-order valence-electron chi connectivity index (χ1n) is 5.65. The molecule has 2 rings (SSSR count). The highest BCUT2D eigenvalue weighted by Gasteiger charge is 2.08. The van der Waals surface area contributed by atoms with Crippen LogP contribution in [0.25, 0.3) is 0 Å². The normalized spacial score (nSPS) is 12.5. The van der Waals surface area contributed by atoms with E-state index >= 15 is 0 Å². The fraction of sp³-hybridized carbons (Fsp3) is 0.143. The van der Waals surface area contributed by atoms with Gasteiger partial charge >= 0.3 is 0 Å². The van der Waals surface area contributed by atoms with Crippen LogP contribution >= 0.6 is 27.7 Å². The molecular formula is C14H12BrF2NS. The average Bonchev–Trinajstić information content (AvgIpc) is 2.36. The molecule has 0 heterocycles. The maximum Gasteiger partial charge on any atom is 0.159 e. The predicted molar refractivity (Wildman–Crippen MR) is 77.2 cm³/mol. The molecule has 0 saturated carbocycles. The van der Waals surface area contributed by atoms with Gasteiger partial charge in [0.05, 0.1) is 0 Å². The van der Waals surface area contributed by atoms with Gasteiger partial charge < -0.3 is 5.73 Å². The number of benzene rings is 2. The second kappa shape index (κ2) is 6.03. The average molecular weight is 344 g/mol. The van der Waals surface area contributed by atoms with Crippen LogP contribution in [0, 0.1) is 11.6 Å². The second-order valence-electron chi connectivity index (χ2n) is 4.16. The Morgan fingerprint density at radius 2 is 1.84 bits per heavy atom. The van der Waals surface area contributed by atoms with Crippen molar-refractivity contribution < 1.29 is 8.78 Å². The van der Waals surface area contributed by atoms with Crippen molar-refractivity contribution in [3.05, 3.63) is 58.1 Å². The Labute approximate surface area is 123 Å². The van der Waals surface area contributed by atoms with Crippen LogP contribution in [0.15, 0.2) is 50.7 Å². The minimum Gasteiger partial charge on any atom is -0.324 e. The van der Waals surface area contributed by atoms with Gasteiger partial charge in [-0.3, -0.25) is 0 Å². The van der Waals surface area contributed by atoms with E-state index in [1.54, 1.807) is 6.07 Å². The van der Waals surface area contributed by atoms with E-state index in [1.165, 1.54) is 17.8 Å². The first-order valence-corrected chi connectivity index (χ1v) is 7.26. The lowest BCUT2D eigenvalue weighted by Gasteiger charge is -2.09. The molecule has 0 aliphatic rings. The van der Waals surface area contributed by atoms with Crippen LogP contribution in [0.4, 0.5) is 8.78 Å². The molecule has 0 saturated heterocycles. The molecule has 0 aliphatic carbocycles. The van der Waals surface area contributed by atoms with Gasteiger partial charge in [0.25, 0.3) is 0 Å². The van der Waals surface area contributed by atoms with Crippen molar-refractivity contribution in [3.63, 3.8) is 0 Å². The van der Waals surface area contributed by atoms with E-state index in [0.29, 0.717) is 4.90 Å². The van der Waals surface area contributed by atoms with E-state index in [9.17, 15) is 8.78 Å². The number of hydrogen-bond acceptors (Lipinski definition) is 2. The fourth-order valence-corrected chi connectivity index (χ4v) is 3.03. The summed E-state index contributed by atoms with van der Waals surface area (Å²) in [5.74, 6) is -1.68. The van der Waals surface area contributed by atoms with E-state index in [1.807, 2.05) is 25.1 Å². The van der Waals surface area contributed by atoms with E-state index < -0.39 is 11.6 Å². The Bertz CT molecular complexity index is 602. The van der Waals surface area contributed by atoms with Gasteiger partial charge in [0, 0.05) is 20.3 Å². The summed E-state index contributed by atoms with van der Waals surface area (Å²) in [6.07, 6.45) is 0. The minimum atomic E-state index is -0.840. The molecule has 0 bridgehead atoms. The highest BCUT2D eigenvalue weighted by molar-refractivity contribution is 9.10. The van der Waals surface area contributed by atoms with Gasteiger partial charge in [-0.05, 0) is 58.7 Å². The van der Waals surface area contributed by atoms with E-state index in [-0.39, 0.29) is 6.04 Å². The van der Waals surface area contributed by atoms with Gasteiger partial charge in [0.2, 0.25) is 0 Å². The molecule has 0 radical (unpaired) electrons. The Morgan fingerprint density at radius 1 is 1.11 bits per heavy atom. The van der Waals surface area contributed by atoms with Gasteiger partial charge in [0.15, 0.2) is 11.6 Å². The first-order chi connectivity index (χ1) is 8.97. The van der Waals surface area contributed by atoms with Crippen molar-refractivity contribution in [2.45, 2.75) is 22.8 Å². The third-order valence-corrected chi connectivity index (χ3v) is 4.58. The smallest absolute Gasteiger partial charge is 0.159 e. The summed E-state index contributed by atoms with van der Waals surface area (Å²) in [7, 11) is 0. The Balaban J connectivity index is 2.25. The molecule has 19 heavy (non-hydrogen) atoms. The SMILES string of the molecule is CC(N)c1ccc(Sc2ccc(F)c(F)c2)c(Br)c1. The quantitative estimate of drug-likeness (QED) is 0.857. The van der Waals surface area contributed by atoms with Gasteiger partial charge in [-0.25, -0.2) is 8.78 Å². The Hall–Kier alpha value is -0.910. The molecule has 0 spiro atoms. The van der Waals surface area contributed by atoms with Crippen molar-refractivity contribution in [2.75, 3.05) is 0 Å². The summed E-state index contributed by atoms with van der Waals surface area (Å²) in [5.41, 5.74) is 6.82. The van der Waals surface area contributed by atoms with E-state index in [4.69, 9.17) is 5.73 Å². The number of rotatable bonds is 3. The predicted octanol–water partition coefficient (Wildman–Crippen LogP) is 4.90. The van der Waals surface area contributed by atoms with Gasteiger partial charge in [-0.1, -0.05) is 17.8 Å². The van der Waals surface area contributed by atoms with Gasteiger partial charge in [0.1, 0.15) is 0 Å². The molecule has 2 aromatic rings. The molecule has 0 fully saturated rings. The monoisotopic (exact) mass is 343 g/mol. The second-order valence-corrected chi connectivity index (χ2v) is 6.13. The number of hydrogen-bond donors (Lipinski definition) is 1. The van der Waals surface area contributed by atoms with Crippen molar-refractivity contribution in [3.8, 4) is 0 Å². The highest BCUT2D eigenvalue weighted by atomic mass is 79.9. The highest BCUT2D eigenvalue weighted by Crippen LogP contribution is 2.35. The third kappa shape index (κ3) is 3.55. The summed E-state index contributed by atoms with van der Waals surface area (Å²) < 4.78 is 26.9. The summed E-state index contributed by atoms with van der Waals surface area (Å²) in [5, 5.41) is 0. The zero-order valence-electron chi connectivity index (χ0n) is 10.2. The van der Waals surface area contributed by atoms with Crippen LogP contribution in [0.1, 0.15) is 18.5 Å². The molecule has 2 N–H and O–H groups in total. The molecule has 100 valence electrons. The largest absolute Gasteiger partial charge is 0.324 e. The van der Waals surface area contributed by atoms with Gasteiger partial charge in [-0.2, -0.15) is 0 Å². The lowest BCUT2D eigenvalue weighted by atomic mass is 10.1. The number of nitrogens with two attached hydrogens (primary N) is 1. The van der Waals surface area contributed by atoms with Crippen LogP contribution in [-0.2, 0) is 0 Å². The van der Waals surface area contributed by atoms with Crippen LogP contribution < -0.4 is 5.73 Å². The molecular weight excluding hydrogens is 332 g/mol. The van der Waals surface area contributed by atoms with Crippen molar-refractivity contribution in [2.24, 2.45) is 5.73 Å². The third-order valence-electron chi connectivity index (χ3n) is 2.60. The number of halogens is 3. The summed E-state index contributed by atoms with van der Waals surface area (Å²) in [6, 6.07) is 9.60. The minimum absolute atomic E-state index is 0.0429. The van der Waals surface area contributed by atoms with E-state index in [0.717, 1.165) is 21.0 Å². The van der Waals surface area contributed by atoms with Gasteiger partial charge in [-0.15, -0.1) is 0 Å². The molecule has 1 atom stereocenters. The molecule has 0 amide bonds. The topological polar surface area (TPSA) is 26.0 Å². The van der Waals surface area contributed by atoms with Crippen LogP contribution in [-0.4, -0.2) is 0 Å². The summed E-state index contributed by atoms with van der Waals surface area (Å²) in [6.45, 7) is 1.91. The Morgan fingerprint density at radius 3 is 2.42 bits per heavy atom. The van der Waals surface area contributed by atoms with Crippen molar-refractivity contribution >= 4 is 27.7 Å². The zero-order valence-corrected chi connectivity index (χ0v) is 12.6. The van der Waals surface area contributed by atoms with Crippen molar-refractivity contribution in [1.29, 1.82) is 0 Å². The fourth-order valence-electron chi connectivity index (χ4n) is 1.55. The molecule has 5 heteroatoms. The molecule has 0 aromatic heterocycles. The molecule has 0 aliphatic heterocycles. The summed E-state index contributed by atoms with van der Waals surface area (Å²) >= 11 is 4.82. The zero-order chi connectivity index (χ0) is 14.0. The maximum atomic E-state index is 13.1. The lowest BCUT2D eigenvalue weighted by Crippen LogP contribution is -2.04.